The Morgan fingerprint density at radius 2 is 1.91 bits per heavy atom. The minimum Gasteiger partial charge on any atom is -0.496 e. The van der Waals surface area contributed by atoms with Gasteiger partial charge in [-0.15, -0.1) is 0 Å². The first kappa shape index (κ1) is 24.4. The Morgan fingerprint density at radius 3 is 2.64 bits per heavy atom. The third-order valence-corrected chi connectivity index (χ3v) is 5.76. The van der Waals surface area contributed by atoms with Crippen molar-refractivity contribution in [3.05, 3.63) is 71.6 Å². The fraction of sp³-hybridized carbons (Fsp3) is 0.320. The number of nitrogens with one attached hydrogen (secondary N) is 2. The molecule has 8 heteroatoms. The number of hydrogen-bond donors (Lipinski definition) is 2. The van der Waals surface area contributed by atoms with Gasteiger partial charge in [0.15, 0.2) is 0 Å². The van der Waals surface area contributed by atoms with Gasteiger partial charge in [-0.1, -0.05) is 29.8 Å². The van der Waals surface area contributed by atoms with E-state index >= 15 is 0 Å². The van der Waals surface area contributed by atoms with Crippen LogP contribution in [-0.2, 0) is 11.2 Å². The number of carbonyl (C=O) groups excluding carboxylic acids is 2. The second-order valence-corrected chi connectivity index (χ2v) is 8.54. The molecule has 1 heterocycles. The molecular weight excluding hydrogens is 438 g/mol. The number of aromatic nitrogens is 1. The molecular formula is C25H29N3O4S. The minimum atomic E-state index is -0.643. The molecule has 3 rings (SSSR count). The van der Waals surface area contributed by atoms with Gasteiger partial charge in [-0.3, -0.25) is 9.59 Å². The minimum absolute atomic E-state index is 0.227. The molecule has 0 fully saturated rings. The zero-order valence-corrected chi connectivity index (χ0v) is 19.9. The Hall–Kier alpha value is -3.26. The zero-order valence-electron chi connectivity index (χ0n) is 19.1. The van der Waals surface area contributed by atoms with Crippen molar-refractivity contribution in [2.24, 2.45) is 0 Å². The highest BCUT2D eigenvalue weighted by Crippen LogP contribution is 2.19. The predicted molar refractivity (Wildman–Crippen MR) is 131 cm³/mol. The van der Waals surface area contributed by atoms with Gasteiger partial charge >= 0.3 is 0 Å². The number of nitrogens with zero attached hydrogens (tertiary/aromatic N) is 1. The SMILES string of the molecule is COc1ccccc1C(=O)NC(CCSC)C(=O)NCCc1coc(-c2ccc(C)cc2)n1. The summed E-state index contributed by atoms with van der Waals surface area (Å²) in [5.74, 6) is 1.20. The van der Waals surface area contributed by atoms with E-state index in [2.05, 4.69) is 15.6 Å². The summed E-state index contributed by atoms with van der Waals surface area (Å²) in [6.45, 7) is 2.41. The van der Waals surface area contributed by atoms with Crippen LogP contribution in [0.25, 0.3) is 11.5 Å². The summed E-state index contributed by atoms with van der Waals surface area (Å²) in [6, 6.07) is 14.2. The van der Waals surface area contributed by atoms with Crippen molar-refractivity contribution in [3.63, 3.8) is 0 Å². The van der Waals surface area contributed by atoms with Crippen LogP contribution in [0.2, 0.25) is 0 Å². The molecule has 2 aromatic carbocycles. The largest absolute Gasteiger partial charge is 0.496 e. The lowest BCUT2D eigenvalue weighted by Crippen LogP contribution is -2.47. The number of para-hydroxylation sites is 1. The van der Waals surface area contributed by atoms with Crippen LogP contribution in [0.4, 0.5) is 0 Å². The number of carbonyl (C=O) groups is 2. The van der Waals surface area contributed by atoms with Crippen molar-refractivity contribution in [1.82, 2.24) is 15.6 Å². The number of amides is 2. The van der Waals surface area contributed by atoms with Gasteiger partial charge in [-0.05, 0) is 49.6 Å². The lowest BCUT2D eigenvalue weighted by molar-refractivity contribution is -0.123. The van der Waals surface area contributed by atoms with Gasteiger partial charge in [0.25, 0.3) is 5.91 Å². The Bertz CT molecular complexity index is 1070. The number of aryl methyl sites for hydroxylation is 1. The maximum atomic E-state index is 12.8. The molecule has 1 aromatic heterocycles. The Balaban J connectivity index is 1.56. The molecule has 0 aliphatic rings. The average Bonchev–Trinajstić information content (AvgIpc) is 3.30. The van der Waals surface area contributed by atoms with E-state index in [9.17, 15) is 9.59 Å². The van der Waals surface area contributed by atoms with Gasteiger partial charge in [0.1, 0.15) is 18.1 Å². The first-order valence-electron chi connectivity index (χ1n) is 10.7. The van der Waals surface area contributed by atoms with Crippen LogP contribution in [0.5, 0.6) is 5.75 Å². The normalized spacial score (nSPS) is 11.6. The molecule has 1 atom stereocenters. The fourth-order valence-electron chi connectivity index (χ4n) is 3.26. The molecule has 174 valence electrons. The second kappa shape index (κ2) is 12.1. The van der Waals surface area contributed by atoms with E-state index in [0.29, 0.717) is 36.6 Å². The van der Waals surface area contributed by atoms with E-state index in [-0.39, 0.29) is 11.8 Å². The summed E-state index contributed by atoms with van der Waals surface area (Å²) in [5, 5.41) is 5.75. The van der Waals surface area contributed by atoms with Gasteiger partial charge in [-0.2, -0.15) is 11.8 Å². The number of oxazole rings is 1. The van der Waals surface area contributed by atoms with E-state index < -0.39 is 6.04 Å². The van der Waals surface area contributed by atoms with Crippen molar-refractivity contribution < 1.29 is 18.7 Å². The van der Waals surface area contributed by atoms with Crippen LogP contribution >= 0.6 is 11.8 Å². The van der Waals surface area contributed by atoms with Crippen molar-refractivity contribution in [3.8, 4) is 17.2 Å². The van der Waals surface area contributed by atoms with Gasteiger partial charge in [0, 0.05) is 18.5 Å². The lowest BCUT2D eigenvalue weighted by Gasteiger charge is -2.19. The van der Waals surface area contributed by atoms with E-state index in [1.165, 1.54) is 12.7 Å². The molecule has 3 aromatic rings. The molecule has 33 heavy (non-hydrogen) atoms. The van der Waals surface area contributed by atoms with Crippen LogP contribution in [0.15, 0.2) is 59.2 Å². The highest BCUT2D eigenvalue weighted by Gasteiger charge is 2.22. The smallest absolute Gasteiger partial charge is 0.255 e. The summed E-state index contributed by atoms with van der Waals surface area (Å²) >= 11 is 1.62. The second-order valence-electron chi connectivity index (χ2n) is 7.56. The number of methoxy groups -OCH3 is 1. The van der Waals surface area contributed by atoms with Crippen molar-refractivity contribution in [1.29, 1.82) is 0 Å². The molecule has 0 bridgehead atoms. The maximum absolute atomic E-state index is 12.8. The number of benzene rings is 2. The standard InChI is InChI=1S/C25H29N3O4S/c1-17-8-10-18(11-9-17)25-27-19(16-32-25)12-14-26-24(30)21(13-15-33-3)28-23(29)20-6-4-5-7-22(20)31-2/h4-11,16,21H,12-15H2,1-3H3,(H,26,30)(H,28,29). The average molecular weight is 468 g/mol. The fourth-order valence-corrected chi connectivity index (χ4v) is 3.73. The number of rotatable bonds is 11. The Labute approximate surface area is 198 Å². The van der Waals surface area contributed by atoms with Crippen molar-refractivity contribution in [2.45, 2.75) is 25.8 Å². The van der Waals surface area contributed by atoms with Gasteiger partial charge in [0.2, 0.25) is 11.8 Å². The van der Waals surface area contributed by atoms with Crippen LogP contribution in [-0.4, -0.2) is 48.5 Å². The van der Waals surface area contributed by atoms with E-state index in [1.807, 2.05) is 37.4 Å². The van der Waals surface area contributed by atoms with E-state index in [4.69, 9.17) is 9.15 Å². The van der Waals surface area contributed by atoms with Gasteiger partial charge in [0.05, 0.1) is 18.4 Å². The topological polar surface area (TPSA) is 93.5 Å². The molecule has 7 nitrogen and oxygen atoms in total. The number of hydrogen-bond acceptors (Lipinski definition) is 6. The summed E-state index contributed by atoms with van der Waals surface area (Å²) in [4.78, 5) is 30.1. The third kappa shape index (κ3) is 6.86. The third-order valence-electron chi connectivity index (χ3n) is 5.11. The molecule has 0 aliphatic heterocycles. The quantitative estimate of drug-likeness (QED) is 0.445. The van der Waals surface area contributed by atoms with Crippen LogP contribution < -0.4 is 15.4 Å². The Morgan fingerprint density at radius 1 is 1.15 bits per heavy atom. The predicted octanol–water partition coefficient (Wildman–Crippen LogP) is 3.87. The summed E-state index contributed by atoms with van der Waals surface area (Å²) < 4.78 is 10.8. The summed E-state index contributed by atoms with van der Waals surface area (Å²) in [5.41, 5.74) is 3.23. The first-order valence-corrected chi connectivity index (χ1v) is 12.1. The molecule has 1 unspecified atom stereocenters. The molecule has 0 saturated heterocycles. The highest BCUT2D eigenvalue weighted by atomic mass is 32.2. The lowest BCUT2D eigenvalue weighted by atomic mass is 10.1. The maximum Gasteiger partial charge on any atom is 0.255 e. The molecule has 2 amide bonds. The van der Waals surface area contributed by atoms with E-state index in [1.54, 1.807) is 42.3 Å². The van der Waals surface area contributed by atoms with Crippen molar-refractivity contribution in [2.75, 3.05) is 25.7 Å². The molecule has 0 saturated carbocycles. The van der Waals surface area contributed by atoms with Crippen LogP contribution in [0.3, 0.4) is 0 Å². The molecule has 0 spiro atoms. The Kier molecular flexibility index (Phi) is 8.95. The summed E-state index contributed by atoms with van der Waals surface area (Å²) in [6.07, 6.45) is 4.62. The van der Waals surface area contributed by atoms with E-state index in [0.717, 1.165) is 17.0 Å². The molecule has 0 radical (unpaired) electrons. The van der Waals surface area contributed by atoms with Gasteiger partial charge < -0.3 is 19.8 Å². The molecule has 0 aliphatic carbocycles. The van der Waals surface area contributed by atoms with Crippen LogP contribution in [0, 0.1) is 6.92 Å². The molecule has 2 N–H and O–H groups in total. The number of thioether (sulfide) groups is 1. The van der Waals surface area contributed by atoms with Crippen LogP contribution in [0.1, 0.15) is 28.0 Å². The first-order chi connectivity index (χ1) is 16.0. The van der Waals surface area contributed by atoms with Crippen molar-refractivity contribution >= 4 is 23.6 Å². The summed E-state index contributed by atoms with van der Waals surface area (Å²) in [7, 11) is 1.51. The number of ether oxygens (including phenoxy) is 1. The zero-order chi connectivity index (χ0) is 23.6. The monoisotopic (exact) mass is 467 g/mol. The highest BCUT2D eigenvalue weighted by molar-refractivity contribution is 7.98. The van der Waals surface area contributed by atoms with Gasteiger partial charge in [-0.25, -0.2) is 4.98 Å².